The molecule has 0 aromatic heterocycles. The normalized spacial score (nSPS) is 22.6. The highest BCUT2D eigenvalue weighted by atomic mass is 16.7. The summed E-state index contributed by atoms with van der Waals surface area (Å²) in [7, 11) is 0. The molecule has 70 heavy (non-hydrogen) atoms. The second kappa shape index (κ2) is 22.9. The molecule has 2 heterocycles. The fourth-order valence-corrected chi connectivity index (χ4v) is 10.4. The fourth-order valence-electron chi connectivity index (χ4n) is 10.4. The third-order valence-electron chi connectivity index (χ3n) is 13.8. The molecule has 1 saturated carbocycles. The van der Waals surface area contributed by atoms with E-state index in [0.717, 1.165) is 59.3 Å². The summed E-state index contributed by atoms with van der Waals surface area (Å²) in [6.45, 7) is 15.1. The lowest BCUT2D eigenvalue weighted by molar-refractivity contribution is -0.256. The Bertz CT molecular complexity index is 2480. The van der Waals surface area contributed by atoms with E-state index in [1.807, 2.05) is 93.6 Å². The van der Waals surface area contributed by atoms with Gasteiger partial charge in [0, 0.05) is 37.7 Å². The first-order valence-corrected chi connectivity index (χ1v) is 24.9. The number of rotatable bonds is 22. The van der Waals surface area contributed by atoms with Crippen molar-refractivity contribution >= 4 is 11.8 Å². The van der Waals surface area contributed by atoms with Crippen molar-refractivity contribution in [3.05, 3.63) is 137 Å². The monoisotopic (exact) mass is 958 g/mol. The first-order valence-electron chi connectivity index (χ1n) is 24.9. The van der Waals surface area contributed by atoms with Gasteiger partial charge in [-0.25, -0.2) is 4.79 Å². The summed E-state index contributed by atoms with van der Waals surface area (Å²) in [6.07, 6.45) is 8.16. The smallest absolute Gasteiger partial charge is 0.410 e. The van der Waals surface area contributed by atoms with Crippen molar-refractivity contribution in [2.75, 3.05) is 39.8 Å². The third kappa shape index (κ3) is 11.7. The van der Waals surface area contributed by atoms with Crippen LogP contribution in [0.25, 0.3) is 0 Å². The van der Waals surface area contributed by atoms with E-state index in [9.17, 15) is 10.2 Å². The lowest BCUT2D eigenvalue weighted by Gasteiger charge is -2.60. The number of amides is 1. The average Bonchev–Trinajstić information content (AvgIpc) is 3.82. The van der Waals surface area contributed by atoms with Gasteiger partial charge in [-0.15, -0.1) is 6.58 Å². The quantitative estimate of drug-likeness (QED) is 0.0441. The Kier molecular flexibility index (Phi) is 16.5. The standard InChI is InChI=1S/C57H70N2O11/c1-7-27-67-57-52(59(35-41-20-23-50-51(31-41)66-37-65-50)55(62)64-29-28-63-36-40-15-9-8-10-16-40)34-48(58-70-56(4,5)6)46-32-42(17-11-13-25-60)45(18-12-14-26-61)53(54(46)57)47-33-44(22-24-49(47)69-57)68-43-21-19-38(2)39(3)30-43/h7-10,15-16,19-24,30-33,42,45,52-54,60-61H,1,11-14,17-18,25-29,34-37H2,2-6H3/t42-,45+,52-,53+,54+,57+/m0/s1. The summed E-state index contributed by atoms with van der Waals surface area (Å²) >= 11 is 0. The van der Waals surface area contributed by atoms with Crippen LogP contribution >= 0.6 is 0 Å². The first kappa shape index (κ1) is 50.5. The number of ether oxygens (including phenoxy) is 7. The van der Waals surface area contributed by atoms with Crippen molar-refractivity contribution in [2.24, 2.45) is 22.9 Å². The predicted molar refractivity (Wildman–Crippen MR) is 267 cm³/mol. The molecule has 0 saturated heterocycles. The fraction of sp³-hybridized carbons (Fsp3) is 0.474. The Hall–Kier alpha value is -5.86. The SMILES string of the molecule is C=CCO[C@@]12Oc3ccc(Oc4ccc(C)c(C)c4)cc3[C@H]3[C@H](CCCCO)[C@@H](CCCCO)C=C(C(=NOC(C)(C)C)C[C@@H]1N(Cc1ccc4c(c1)OCO4)C(=O)OCCOCc1ccccc1)[C@H]32. The molecule has 2 N–H and O–H groups in total. The summed E-state index contributed by atoms with van der Waals surface area (Å²) in [4.78, 5) is 23.2. The number of hydrogen-bond acceptors (Lipinski definition) is 12. The predicted octanol–water partition coefficient (Wildman–Crippen LogP) is 11.1. The van der Waals surface area contributed by atoms with Crippen LogP contribution in [0.15, 0.2) is 114 Å². The van der Waals surface area contributed by atoms with Gasteiger partial charge in [-0.3, -0.25) is 4.90 Å². The number of allylic oxidation sites excluding steroid dienone is 1. The van der Waals surface area contributed by atoms with E-state index in [-0.39, 0.29) is 70.5 Å². The maximum absolute atomic E-state index is 15.1. The summed E-state index contributed by atoms with van der Waals surface area (Å²) in [5, 5.41) is 25.1. The van der Waals surface area contributed by atoms with Crippen molar-refractivity contribution in [2.45, 2.75) is 116 Å². The maximum atomic E-state index is 15.1. The molecule has 4 aliphatic rings. The highest BCUT2D eigenvalue weighted by Crippen LogP contribution is 2.62. The molecule has 0 spiro atoms. The van der Waals surface area contributed by atoms with Crippen LogP contribution in [0.2, 0.25) is 0 Å². The molecule has 0 radical (unpaired) electrons. The molecule has 6 atom stereocenters. The van der Waals surface area contributed by atoms with E-state index >= 15 is 4.79 Å². The highest BCUT2D eigenvalue weighted by molar-refractivity contribution is 6.03. The minimum Gasteiger partial charge on any atom is -0.459 e. The van der Waals surface area contributed by atoms with E-state index in [4.69, 9.17) is 43.2 Å². The lowest BCUT2D eigenvalue weighted by Crippen LogP contribution is -2.70. The Morgan fingerprint density at radius 3 is 2.36 bits per heavy atom. The molecule has 8 rings (SSSR count). The second-order valence-corrected chi connectivity index (χ2v) is 19.8. The summed E-state index contributed by atoms with van der Waals surface area (Å²) in [6, 6.07) is 26.7. The number of oxime groups is 1. The Morgan fingerprint density at radius 2 is 1.60 bits per heavy atom. The van der Waals surface area contributed by atoms with E-state index in [2.05, 4.69) is 38.6 Å². The Balaban J connectivity index is 1.29. The molecular weight excluding hydrogens is 889 g/mol. The van der Waals surface area contributed by atoms with Crippen LogP contribution in [0.3, 0.4) is 0 Å². The summed E-state index contributed by atoms with van der Waals surface area (Å²) in [5.74, 6) is 0.969. The molecule has 13 heteroatoms. The molecule has 4 aromatic rings. The zero-order valence-corrected chi connectivity index (χ0v) is 41.4. The number of aliphatic hydroxyl groups is 2. The molecule has 374 valence electrons. The van der Waals surface area contributed by atoms with Crippen LogP contribution in [0.1, 0.15) is 99.5 Å². The van der Waals surface area contributed by atoms with Gasteiger partial charge in [-0.05, 0) is 142 Å². The van der Waals surface area contributed by atoms with E-state index in [1.54, 1.807) is 11.0 Å². The molecule has 2 aliphatic carbocycles. The first-order chi connectivity index (χ1) is 33.9. The minimum absolute atomic E-state index is 0.00272. The molecule has 13 nitrogen and oxygen atoms in total. The average molecular weight is 959 g/mol. The number of unbranched alkanes of at least 4 members (excludes halogenated alkanes) is 2. The maximum Gasteiger partial charge on any atom is 0.410 e. The van der Waals surface area contributed by atoms with Gasteiger partial charge in [-0.1, -0.05) is 72.6 Å². The number of carbonyl (C=O) groups is 1. The molecular formula is C57H70N2O11. The largest absolute Gasteiger partial charge is 0.459 e. The zero-order valence-electron chi connectivity index (χ0n) is 41.4. The lowest BCUT2D eigenvalue weighted by atomic mass is 9.55. The summed E-state index contributed by atoms with van der Waals surface area (Å²) in [5.41, 5.74) is 6.02. The number of aryl methyl sites for hydroxylation is 2. The number of hydrogen-bond donors (Lipinski definition) is 2. The number of benzene rings is 4. The van der Waals surface area contributed by atoms with Gasteiger partial charge in [0.25, 0.3) is 0 Å². The van der Waals surface area contributed by atoms with Crippen LogP contribution in [0.4, 0.5) is 4.79 Å². The van der Waals surface area contributed by atoms with Gasteiger partial charge < -0.3 is 48.2 Å². The van der Waals surface area contributed by atoms with Crippen LogP contribution in [0, 0.1) is 31.6 Å². The molecule has 0 unspecified atom stereocenters. The van der Waals surface area contributed by atoms with Gasteiger partial charge in [-0.2, -0.15) is 0 Å². The van der Waals surface area contributed by atoms with Crippen molar-refractivity contribution in [3.8, 4) is 28.7 Å². The number of carbonyl (C=O) groups excluding carboxylic acids is 1. The van der Waals surface area contributed by atoms with Crippen LogP contribution in [0.5, 0.6) is 28.7 Å². The van der Waals surface area contributed by atoms with Crippen molar-refractivity contribution in [1.29, 1.82) is 0 Å². The van der Waals surface area contributed by atoms with Crippen molar-refractivity contribution in [3.63, 3.8) is 0 Å². The third-order valence-corrected chi connectivity index (χ3v) is 13.8. The number of fused-ring (bicyclic) bond motifs is 3. The van der Waals surface area contributed by atoms with Gasteiger partial charge in [0.2, 0.25) is 12.6 Å². The van der Waals surface area contributed by atoms with Gasteiger partial charge in [0.1, 0.15) is 35.5 Å². The Morgan fingerprint density at radius 1 is 0.857 bits per heavy atom. The summed E-state index contributed by atoms with van der Waals surface area (Å²) < 4.78 is 45.0. The number of aliphatic hydroxyl groups excluding tert-OH is 2. The van der Waals surface area contributed by atoms with Gasteiger partial charge in [0.05, 0.1) is 31.5 Å². The zero-order chi connectivity index (χ0) is 49.3. The van der Waals surface area contributed by atoms with E-state index in [0.29, 0.717) is 48.2 Å². The second-order valence-electron chi connectivity index (χ2n) is 19.8. The topological polar surface area (TPSA) is 147 Å². The molecule has 2 aliphatic heterocycles. The minimum atomic E-state index is -1.51. The highest BCUT2D eigenvalue weighted by Gasteiger charge is 2.66. The van der Waals surface area contributed by atoms with Crippen molar-refractivity contribution < 1.29 is 53.0 Å². The molecule has 1 fully saturated rings. The van der Waals surface area contributed by atoms with Gasteiger partial charge in [0.15, 0.2) is 11.5 Å². The molecule has 0 bridgehead atoms. The van der Waals surface area contributed by atoms with Crippen LogP contribution in [-0.2, 0) is 32.2 Å². The van der Waals surface area contributed by atoms with Gasteiger partial charge >= 0.3 is 6.09 Å². The Labute approximate surface area is 413 Å². The van der Waals surface area contributed by atoms with E-state index < -0.39 is 29.4 Å². The van der Waals surface area contributed by atoms with Crippen LogP contribution < -0.4 is 18.9 Å². The molecule has 1 amide bonds. The number of nitrogens with zero attached hydrogens (tertiary/aromatic N) is 2. The van der Waals surface area contributed by atoms with Crippen molar-refractivity contribution in [1.82, 2.24) is 4.90 Å². The van der Waals surface area contributed by atoms with Crippen LogP contribution in [-0.4, -0.2) is 84.2 Å². The van der Waals surface area contributed by atoms with E-state index in [1.165, 1.54) is 5.56 Å². The molecule has 4 aromatic carbocycles.